The van der Waals surface area contributed by atoms with Crippen molar-refractivity contribution in [1.82, 2.24) is 19.8 Å². The Morgan fingerprint density at radius 3 is 1.71 bits per heavy atom. The summed E-state index contributed by atoms with van der Waals surface area (Å²) in [5, 5.41) is 15.2. The summed E-state index contributed by atoms with van der Waals surface area (Å²) in [6, 6.07) is 66.4. The van der Waals surface area contributed by atoms with E-state index in [4.69, 9.17) is 0 Å². The van der Waals surface area contributed by atoms with Crippen LogP contribution in [0.15, 0.2) is 188 Å². The highest BCUT2D eigenvalue weighted by molar-refractivity contribution is 7.25. The Bertz CT molecular complexity index is 3360. The van der Waals surface area contributed by atoms with Crippen LogP contribution in [0.4, 0.5) is 0 Å². The van der Waals surface area contributed by atoms with Crippen molar-refractivity contribution in [3.8, 4) is 27.9 Å². The molecule has 56 heavy (non-hydrogen) atoms. The van der Waals surface area contributed by atoms with E-state index in [0.29, 0.717) is 0 Å². The molecule has 3 aromatic heterocycles. The van der Waals surface area contributed by atoms with Crippen molar-refractivity contribution in [3.05, 3.63) is 194 Å². The molecule has 2 N–H and O–H groups in total. The smallest absolute Gasteiger partial charge is 0.180 e. The lowest BCUT2D eigenvalue weighted by Gasteiger charge is -2.19. The monoisotopic (exact) mass is 734 g/mol. The molecule has 1 aliphatic heterocycles. The Hall–Kier alpha value is -7.08. The Kier molecular flexibility index (Phi) is 6.83. The highest BCUT2D eigenvalue weighted by Crippen LogP contribution is 2.39. The van der Waals surface area contributed by atoms with E-state index in [0.717, 1.165) is 16.9 Å². The lowest BCUT2D eigenvalue weighted by atomic mass is 10.0. The second-order valence-electron chi connectivity index (χ2n) is 14.7. The molecule has 1 atom stereocenters. The number of hydrogen-bond acceptors (Lipinski definition) is 3. The van der Waals surface area contributed by atoms with Crippen molar-refractivity contribution in [2.75, 3.05) is 0 Å². The topological polar surface area (TPSA) is 33.9 Å². The summed E-state index contributed by atoms with van der Waals surface area (Å²) < 4.78 is 7.46. The molecule has 11 aromatic rings. The average molecular weight is 735 g/mol. The van der Waals surface area contributed by atoms with Gasteiger partial charge in [-0.15, -0.1) is 11.3 Å². The van der Waals surface area contributed by atoms with Crippen LogP contribution in [0.5, 0.6) is 0 Å². The summed E-state index contributed by atoms with van der Waals surface area (Å²) in [5.41, 5.74) is 13.0. The number of nitrogens with one attached hydrogen (secondary N) is 2. The first-order valence-corrected chi connectivity index (χ1v) is 19.9. The first-order chi connectivity index (χ1) is 27.7. The van der Waals surface area contributed by atoms with Crippen LogP contribution in [0.25, 0.3) is 97.4 Å². The quantitative estimate of drug-likeness (QED) is 0.185. The molecule has 0 fully saturated rings. The Morgan fingerprint density at radius 2 is 0.929 bits per heavy atom. The lowest BCUT2D eigenvalue weighted by Crippen LogP contribution is -2.28. The maximum absolute atomic E-state index is 3.83. The number of rotatable bonds is 5. The lowest BCUT2D eigenvalue weighted by molar-refractivity contribution is 0.467. The molecule has 0 aliphatic carbocycles. The number of thiophene rings is 1. The summed E-state index contributed by atoms with van der Waals surface area (Å²) >= 11 is 1.86. The molecule has 0 saturated heterocycles. The molecule has 0 amide bonds. The van der Waals surface area contributed by atoms with Crippen molar-refractivity contribution >= 4 is 80.8 Å². The van der Waals surface area contributed by atoms with Gasteiger partial charge in [-0.25, -0.2) is 0 Å². The van der Waals surface area contributed by atoms with E-state index < -0.39 is 0 Å². The van der Waals surface area contributed by atoms with Gasteiger partial charge in [0, 0.05) is 53.6 Å². The van der Waals surface area contributed by atoms with Crippen LogP contribution in [0, 0.1) is 0 Å². The third-order valence-corrected chi connectivity index (χ3v) is 12.7. The first kappa shape index (κ1) is 31.3. The highest BCUT2D eigenvalue weighted by Gasteiger charge is 2.23. The number of aromatic nitrogens is 2. The summed E-state index contributed by atoms with van der Waals surface area (Å²) in [5.74, 6) is 0. The maximum atomic E-state index is 3.83. The zero-order valence-electron chi connectivity index (χ0n) is 30.3. The highest BCUT2D eigenvalue weighted by atomic mass is 32.1. The van der Waals surface area contributed by atoms with Gasteiger partial charge in [0.1, 0.15) is 0 Å². The predicted octanol–water partition coefficient (Wildman–Crippen LogP) is 13.2. The SMILES string of the molecule is C1=C(c2ccc(-c3ccc4c(c3)sc3ccccc34)cc2)NC(n2c3ccccc3c3ccc(-c4ccc5c6ccccc6n(-c6ccccc6)c5c4)cc32)N1. The van der Waals surface area contributed by atoms with Crippen LogP contribution in [0.2, 0.25) is 0 Å². The largest absolute Gasteiger partial charge is 0.352 e. The second-order valence-corrected chi connectivity index (χ2v) is 15.8. The second kappa shape index (κ2) is 12.2. The van der Waals surface area contributed by atoms with Crippen molar-refractivity contribution < 1.29 is 0 Å². The van der Waals surface area contributed by atoms with E-state index in [2.05, 4.69) is 208 Å². The van der Waals surface area contributed by atoms with Gasteiger partial charge in [0.15, 0.2) is 6.29 Å². The van der Waals surface area contributed by atoms with Gasteiger partial charge in [-0.1, -0.05) is 133 Å². The molecule has 0 saturated carbocycles. The van der Waals surface area contributed by atoms with Crippen LogP contribution in [-0.2, 0) is 0 Å². The van der Waals surface area contributed by atoms with Crippen molar-refractivity contribution in [3.63, 3.8) is 0 Å². The summed E-state index contributed by atoms with van der Waals surface area (Å²) in [7, 11) is 0. The molecule has 0 radical (unpaired) electrons. The molecule has 264 valence electrons. The molecular weight excluding hydrogens is 701 g/mol. The van der Waals surface area contributed by atoms with Gasteiger partial charge in [-0.05, 0) is 76.3 Å². The Balaban J connectivity index is 0.897. The molecule has 5 heteroatoms. The molecule has 4 heterocycles. The van der Waals surface area contributed by atoms with Gasteiger partial charge in [-0.2, -0.15) is 0 Å². The van der Waals surface area contributed by atoms with Gasteiger partial charge in [-0.3, -0.25) is 0 Å². The molecule has 0 bridgehead atoms. The zero-order valence-corrected chi connectivity index (χ0v) is 31.1. The Morgan fingerprint density at radius 1 is 0.393 bits per heavy atom. The number of nitrogens with zero attached hydrogens (tertiary/aromatic N) is 2. The van der Waals surface area contributed by atoms with Crippen molar-refractivity contribution in [1.29, 1.82) is 0 Å². The van der Waals surface area contributed by atoms with Crippen molar-refractivity contribution in [2.45, 2.75) is 6.29 Å². The molecule has 12 rings (SSSR count). The van der Waals surface area contributed by atoms with E-state index in [-0.39, 0.29) is 6.29 Å². The summed E-state index contributed by atoms with van der Waals surface area (Å²) in [4.78, 5) is 0. The summed E-state index contributed by atoms with van der Waals surface area (Å²) in [6.07, 6.45) is 1.96. The molecule has 1 unspecified atom stereocenters. The number of benzene rings is 8. The molecule has 8 aromatic carbocycles. The van der Waals surface area contributed by atoms with E-state index >= 15 is 0 Å². The van der Waals surface area contributed by atoms with Gasteiger partial charge in [0.2, 0.25) is 0 Å². The van der Waals surface area contributed by atoms with Gasteiger partial charge in [0.05, 0.1) is 27.8 Å². The third kappa shape index (κ3) is 4.78. The van der Waals surface area contributed by atoms with Crippen molar-refractivity contribution in [2.24, 2.45) is 0 Å². The van der Waals surface area contributed by atoms with E-state index in [1.165, 1.54) is 86.0 Å². The fourth-order valence-corrected chi connectivity index (χ4v) is 10.1. The molecular formula is C51H34N4S. The van der Waals surface area contributed by atoms with Gasteiger partial charge in [0.25, 0.3) is 0 Å². The number of hydrogen-bond donors (Lipinski definition) is 2. The van der Waals surface area contributed by atoms with Gasteiger partial charge < -0.3 is 19.8 Å². The molecule has 1 aliphatic rings. The normalized spacial score (nSPS) is 14.3. The van der Waals surface area contributed by atoms with Crippen LogP contribution >= 0.6 is 11.3 Å². The molecule has 0 spiro atoms. The van der Waals surface area contributed by atoms with E-state index in [1.54, 1.807) is 0 Å². The standard InChI is InChI=1S/C51H34N4S/c1-2-10-37(11-3-1)54-45-15-7-4-12-38(45)40-25-22-34(28-47(40)54)35-23-26-41-39-13-5-8-16-46(39)55(48(41)29-35)51-52-31-44(53-51)33-20-18-32(19-21-33)36-24-27-43-42-14-6-9-17-49(42)56-50(43)30-36/h1-31,51-53H. The van der Waals surface area contributed by atoms with Crippen LogP contribution in [0.3, 0.4) is 0 Å². The minimum atomic E-state index is -0.152. The van der Waals surface area contributed by atoms with E-state index in [1.807, 2.05) is 11.3 Å². The fourth-order valence-electron chi connectivity index (χ4n) is 8.91. The first-order valence-electron chi connectivity index (χ1n) is 19.1. The average Bonchev–Trinajstić information content (AvgIpc) is 4.04. The predicted molar refractivity (Wildman–Crippen MR) is 237 cm³/mol. The number of para-hydroxylation sites is 3. The van der Waals surface area contributed by atoms with Crippen LogP contribution in [-0.4, -0.2) is 9.13 Å². The molecule has 4 nitrogen and oxygen atoms in total. The fraction of sp³-hybridized carbons (Fsp3) is 0.0196. The summed E-state index contributed by atoms with van der Waals surface area (Å²) in [6.45, 7) is 0. The Labute approximate surface area is 327 Å². The van der Waals surface area contributed by atoms with Gasteiger partial charge >= 0.3 is 0 Å². The van der Waals surface area contributed by atoms with E-state index in [9.17, 15) is 0 Å². The minimum absolute atomic E-state index is 0.152. The van der Waals surface area contributed by atoms with Crippen LogP contribution < -0.4 is 10.6 Å². The minimum Gasteiger partial charge on any atom is -0.352 e. The van der Waals surface area contributed by atoms with Crippen LogP contribution in [0.1, 0.15) is 11.9 Å². The maximum Gasteiger partial charge on any atom is 0.180 e. The zero-order chi connectivity index (χ0) is 36.7. The number of fused-ring (bicyclic) bond motifs is 9. The third-order valence-electron chi connectivity index (χ3n) is 11.6.